The third-order valence-corrected chi connectivity index (χ3v) is 4.08. The van der Waals surface area contributed by atoms with Crippen LogP contribution >= 0.6 is 0 Å². The van der Waals surface area contributed by atoms with Gasteiger partial charge < -0.3 is 9.64 Å². The zero-order valence-corrected chi connectivity index (χ0v) is 13.8. The molecule has 2 aromatic rings. The average molecular weight is 315 g/mol. The second-order valence-electron chi connectivity index (χ2n) is 5.55. The fourth-order valence-electron chi connectivity index (χ4n) is 2.56. The van der Waals surface area contributed by atoms with Crippen molar-refractivity contribution < 1.29 is 13.9 Å². The number of aryl methyl sites for hydroxylation is 1. The molecule has 23 heavy (non-hydrogen) atoms. The molecule has 2 rings (SSSR count). The molecule has 4 heteroatoms. The Kier molecular flexibility index (Phi) is 5.74. The van der Waals surface area contributed by atoms with Crippen LogP contribution in [-0.2, 0) is 11.2 Å². The molecule has 1 unspecified atom stereocenters. The first-order valence-electron chi connectivity index (χ1n) is 7.66. The van der Waals surface area contributed by atoms with E-state index in [1.54, 1.807) is 25.1 Å². The van der Waals surface area contributed by atoms with Gasteiger partial charge in [0.1, 0.15) is 11.6 Å². The second-order valence-corrected chi connectivity index (χ2v) is 5.55. The van der Waals surface area contributed by atoms with Crippen LogP contribution in [0.2, 0.25) is 0 Å². The average Bonchev–Trinajstić information content (AvgIpc) is 2.58. The van der Waals surface area contributed by atoms with Crippen molar-refractivity contribution in [2.24, 2.45) is 0 Å². The highest BCUT2D eigenvalue weighted by Gasteiger charge is 2.19. The Morgan fingerprint density at radius 2 is 1.96 bits per heavy atom. The molecule has 0 aliphatic heterocycles. The van der Waals surface area contributed by atoms with Gasteiger partial charge in [-0.3, -0.25) is 4.79 Å². The molecule has 0 radical (unpaired) electrons. The minimum atomic E-state index is -0.273. The summed E-state index contributed by atoms with van der Waals surface area (Å²) in [6.07, 6.45) is 0.874. The summed E-state index contributed by atoms with van der Waals surface area (Å²) >= 11 is 0. The number of nitrogens with zero attached hydrogens (tertiary/aromatic N) is 1. The lowest BCUT2D eigenvalue weighted by Crippen LogP contribution is -2.30. The first-order valence-corrected chi connectivity index (χ1v) is 7.66. The molecular formula is C19H22FNO2. The predicted molar refractivity (Wildman–Crippen MR) is 88.9 cm³/mol. The van der Waals surface area contributed by atoms with Crippen molar-refractivity contribution >= 4 is 5.91 Å². The molecule has 0 saturated heterocycles. The van der Waals surface area contributed by atoms with E-state index in [0.717, 1.165) is 16.9 Å². The summed E-state index contributed by atoms with van der Waals surface area (Å²) in [4.78, 5) is 14.1. The summed E-state index contributed by atoms with van der Waals surface area (Å²) in [7, 11) is 3.41. The number of carbonyl (C=O) groups excluding carboxylic acids is 1. The van der Waals surface area contributed by atoms with Gasteiger partial charge in [-0.25, -0.2) is 4.39 Å². The Labute approximate surface area is 136 Å². The van der Waals surface area contributed by atoms with Crippen molar-refractivity contribution in [1.82, 2.24) is 4.90 Å². The summed E-state index contributed by atoms with van der Waals surface area (Å²) in [6, 6.07) is 14.0. The van der Waals surface area contributed by atoms with Crippen molar-refractivity contribution in [3.63, 3.8) is 0 Å². The highest BCUT2D eigenvalue weighted by atomic mass is 19.1. The minimum Gasteiger partial charge on any atom is -0.496 e. The number of carbonyl (C=O) groups is 1. The van der Waals surface area contributed by atoms with E-state index >= 15 is 0 Å². The molecule has 0 spiro atoms. The fourth-order valence-corrected chi connectivity index (χ4v) is 2.56. The Hall–Kier alpha value is -2.36. The fraction of sp³-hybridized carbons (Fsp3) is 0.316. The topological polar surface area (TPSA) is 29.5 Å². The summed E-state index contributed by atoms with van der Waals surface area (Å²) in [5, 5.41) is 0. The van der Waals surface area contributed by atoms with E-state index in [1.165, 1.54) is 12.1 Å². The van der Waals surface area contributed by atoms with Crippen LogP contribution in [0.3, 0.4) is 0 Å². The number of para-hydroxylation sites is 1. The van der Waals surface area contributed by atoms with Crippen LogP contribution in [-0.4, -0.2) is 25.0 Å². The van der Waals surface area contributed by atoms with Gasteiger partial charge in [0.2, 0.25) is 5.91 Å². The van der Waals surface area contributed by atoms with E-state index < -0.39 is 0 Å². The van der Waals surface area contributed by atoms with Crippen LogP contribution in [0.1, 0.15) is 30.5 Å². The lowest BCUT2D eigenvalue weighted by molar-refractivity contribution is -0.131. The van der Waals surface area contributed by atoms with Gasteiger partial charge in [0.05, 0.1) is 13.2 Å². The molecule has 0 heterocycles. The van der Waals surface area contributed by atoms with Crippen LogP contribution in [0.4, 0.5) is 4.39 Å². The van der Waals surface area contributed by atoms with Crippen LogP contribution in [0.25, 0.3) is 0 Å². The number of amides is 1. The van der Waals surface area contributed by atoms with E-state index in [1.807, 2.05) is 37.3 Å². The number of halogens is 1. The normalized spacial score (nSPS) is 11.8. The largest absolute Gasteiger partial charge is 0.496 e. The summed E-state index contributed by atoms with van der Waals surface area (Å²) in [6.45, 7) is 1.97. The Morgan fingerprint density at radius 1 is 1.22 bits per heavy atom. The maximum atomic E-state index is 13.2. The standard InChI is InChI=1S/C19H22FNO2/c1-14(17-9-4-5-10-18(17)23-3)21(2)19(22)12-11-15-7-6-8-16(20)13-15/h4-10,13-14H,11-12H2,1-3H3. The lowest BCUT2D eigenvalue weighted by Gasteiger charge is -2.26. The molecule has 0 fully saturated rings. The van der Waals surface area contributed by atoms with Crippen LogP contribution in [0.15, 0.2) is 48.5 Å². The molecule has 122 valence electrons. The molecule has 0 saturated carbocycles. The van der Waals surface area contributed by atoms with Gasteiger partial charge in [-0.2, -0.15) is 0 Å². The SMILES string of the molecule is COc1ccccc1C(C)N(C)C(=O)CCc1cccc(F)c1. The van der Waals surface area contributed by atoms with Crippen molar-refractivity contribution in [1.29, 1.82) is 0 Å². The Balaban J connectivity index is 2.01. The first kappa shape index (κ1) is 17.0. The molecule has 0 N–H and O–H groups in total. The number of ether oxygens (including phenoxy) is 1. The number of hydrogen-bond acceptors (Lipinski definition) is 2. The third kappa shape index (κ3) is 4.31. The van der Waals surface area contributed by atoms with Gasteiger partial charge >= 0.3 is 0 Å². The molecule has 0 aromatic heterocycles. The molecule has 1 amide bonds. The molecule has 0 aliphatic carbocycles. The van der Waals surface area contributed by atoms with E-state index in [-0.39, 0.29) is 17.8 Å². The van der Waals surface area contributed by atoms with Gasteiger partial charge in [-0.1, -0.05) is 30.3 Å². The minimum absolute atomic E-state index is 0.0210. The van der Waals surface area contributed by atoms with Crippen molar-refractivity contribution in [3.8, 4) is 5.75 Å². The third-order valence-electron chi connectivity index (χ3n) is 4.08. The second kappa shape index (κ2) is 7.77. The number of rotatable bonds is 6. The van der Waals surface area contributed by atoms with Gasteiger partial charge in [0, 0.05) is 19.0 Å². The zero-order valence-electron chi connectivity index (χ0n) is 13.8. The first-order chi connectivity index (χ1) is 11.0. The van der Waals surface area contributed by atoms with E-state index in [4.69, 9.17) is 4.74 Å². The maximum absolute atomic E-state index is 13.2. The van der Waals surface area contributed by atoms with E-state index in [0.29, 0.717) is 12.8 Å². The maximum Gasteiger partial charge on any atom is 0.223 e. The van der Waals surface area contributed by atoms with Gasteiger partial charge in [0.25, 0.3) is 0 Å². The van der Waals surface area contributed by atoms with Gasteiger partial charge in [0.15, 0.2) is 0 Å². The molecular weight excluding hydrogens is 293 g/mol. The summed E-state index contributed by atoms with van der Waals surface area (Å²) in [5.74, 6) is 0.517. The predicted octanol–water partition coefficient (Wildman–Crippen LogP) is 3.99. The monoisotopic (exact) mass is 315 g/mol. The van der Waals surface area contributed by atoms with Crippen LogP contribution < -0.4 is 4.74 Å². The highest BCUT2D eigenvalue weighted by molar-refractivity contribution is 5.76. The molecule has 1 atom stereocenters. The number of methoxy groups -OCH3 is 1. The molecule has 0 bridgehead atoms. The number of hydrogen-bond donors (Lipinski definition) is 0. The Bertz CT molecular complexity index is 672. The quantitative estimate of drug-likeness (QED) is 0.807. The van der Waals surface area contributed by atoms with Gasteiger partial charge in [-0.15, -0.1) is 0 Å². The Morgan fingerprint density at radius 3 is 2.65 bits per heavy atom. The van der Waals surface area contributed by atoms with Crippen molar-refractivity contribution in [2.45, 2.75) is 25.8 Å². The zero-order chi connectivity index (χ0) is 16.8. The molecule has 2 aromatic carbocycles. The van der Waals surface area contributed by atoms with Crippen molar-refractivity contribution in [3.05, 3.63) is 65.5 Å². The lowest BCUT2D eigenvalue weighted by atomic mass is 10.0. The van der Waals surface area contributed by atoms with E-state index in [9.17, 15) is 9.18 Å². The van der Waals surface area contributed by atoms with Crippen molar-refractivity contribution in [2.75, 3.05) is 14.2 Å². The smallest absolute Gasteiger partial charge is 0.223 e. The van der Waals surface area contributed by atoms with Crippen LogP contribution in [0, 0.1) is 5.82 Å². The molecule has 3 nitrogen and oxygen atoms in total. The summed E-state index contributed by atoms with van der Waals surface area (Å²) < 4.78 is 18.5. The van der Waals surface area contributed by atoms with E-state index in [2.05, 4.69) is 0 Å². The highest BCUT2D eigenvalue weighted by Crippen LogP contribution is 2.28. The number of benzene rings is 2. The van der Waals surface area contributed by atoms with Crippen LogP contribution in [0.5, 0.6) is 5.75 Å². The molecule has 0 aliphatic rings. The summed E-state index contributed by atoms with van der Waals surface area (Å²) in [5.41, 5.74) is 1.80. The van der Waals surface area contributed by atoms with Gasteiger partial charge in [-0.05, 0) is 37.1 Å².